The zero-order valence-corrected chi connectivity index (χ0v) is 48.9. The molecule has 0 aliphatic rings. The van der Waals surface area contributed by atoms with Gasteiger partial charge in [-0.15, -0.1) is 22.7 Å². The zero-order chi connectivity index (χ0) is 51.9. The van der Waals surface area contributed by atoms with Gasteiger partial charge in [-0.2, -0.15) is 0 Å². The molecule has 0 fully saturated rings. The van der Waals surface area contributed by atoms with E-state index < -0.39 is 0 Å². The Bertz CT molecular complexity index is 2400. The van der Waals surface area contributed by atoms with Gasteiger partial charge in [-0.25, -0.2) is 24.9 Å². The van der Waals surface area contributed by atoms with E-state index in [2.05, 4.69) is 185 Å². The van der Waals surface area contributed by atoms with Crippen molar-refractivity contribution < 1.29 is 4.42 Å². The van der Waals surface area contributed by atoms with E-state index in [1.807, 2.05) is 59.8 Å². The first-order valence-corrected chi connectivity index (χ1v) is 25.8. The first-order chi connectivity index (χ1) is 30.8. The zero-order valence-electron chi connectivity index (χ0n) is 47.3. The van der Waals surface area contributed by atoms with E-state index in [-0.39, 0.29) is 0 Å². The van der Waals surface area contributed by atoms with Crippen molar-refractivity contribution in [2.75, 3.05) is 0 Å². The highest BCUT2D eigenvalue weighted by molar-refractivity contribution is 7.12. The molecule has 0 aliphatic heterocycles. The van der Waals surface area contributed by atoms with Crippen LogP contribution in [0.1, 0.15) is 241 Å². The van der Waals surface area contributed by atoms with Crippen molar-refractivity contribution in [2.45, 2.75) is 229 Å². The molecule has 6 rings (SSSR count). The quantitative estimate of drug-likeness (QED) is 0.161. The molecule has 0 atom stereocenters. The summed E-state index contributed by atoms with van der Waals surface area (Å²) in [7, 11) is 0. The van der Waals surface area contributed by atoms with Crippen LogP contribution >= 0.6 is 22.7 Å². The molecule has 0 unspecified atom stereocenters. The molecule has 0 bridgehead atoms. The first-order valence-electron chi connectivity index (χ1n) is 24.2. The molecule has 11 heteroatoms. The predicted octanol–water partition coefficient (Wildman–Crippen LogP) is 16.7. The summed E-state index contributed by atoms with van der Waals surface area (Å²) < 4.78 is 5.26. The van der Waals surface area contributed by atoms with Crippen LogP contribution in [0.15, 0.2) is 4.42 Å². The van der Waals surface area contributed by atoms with E-state index in [0.29, 0.717) is 35.5 Å². The minimum atomic E-state index is 0.469. The maximum Gasteiger partial charge on any atom is 0.191 e. The van der Waals surface area contributed by atoms with Gasteiger partial charge in [0.1, 0.15) is 11.6 Å². The Morgan fingerprint density at radius 2 is 0.776 bits per heavy atom. The minimum Gasteiger partial charge on any atom is -0.446 e. The number of aryl methyl sites for hydroxylation is 12. The summed E-state index contributed by atoms with van der Waals surface area (Å²) in [6, 6.07) is 0. The Hall–Kier alpha value is -4.22. The molecule has 0 saturated carbocycles. The molecule has 0 aromatic carbocycles. The number of nitrogens with zero attached hydrogens (tertiary/aromatic N) is 8. The molecule has 6 heterocycles. The average Bonchev–Trinajstić information content (AvgIpc) is 3.88. The number of hydrogen-bond acceptors (Lipinski definition) is 11. The highest BCUT2D eigenvalue weighted by atomic mass is 32.1. The second-order valence-electron chi connectivity index (χ2n) is 19.7. The van der Waals surface area contributed by atoms with E-state index in [1.165, 1.54) is 70.5 Å². The topological polar surface area (TPSA) is 116 Å². The number of rotatable bonds is 6. The summed E-state index contributed by atoms with van der Waals surface area (Å²) in [4.78, 5) is 38.1. The van der Waals surface area contributed by atoms with Gasteiger partial charge >= 0.3 is 0 Å². The van der Waals surface area contributed by atoms with Gasteiger partial charge in [0.2, 0.25) is 0 Å². The predicted molar refractivity (Wildman–Crippen MR) is 289 cm³/mol. The van der Waals surface area contributed by atoms with E-state index in [1.54, 1.807) is 11.3 Å². The van der Waals surface area contributed by atoms with Crippen molar-refractivity contribution in [2.24, 2.45) is 0 Å². The molecule has 0 saturated heterocycles. The number of oxazole rings is 1. The van der Waals surface area contributed by atoms with Crippen molar-refractivity contribution in [3.8, 4) is 0 Å². The molecule has 0 N–H and O–H groups in total. The van der Waals surface area contributed by atoms with Crippen molar-refractivity contribution >= 4 is 22.7 Å². The van der Waals surface area contributed by atoms with Crippen molar-refractivity contribution in [1.82, 2.24) is 39.9 Å². The fraction of sp³-hybridized carbons (Fsp3) is 0.607. The van der Waals surface area contributed by atoms with Crippen molar-refractivity contribution in [1.29, 1.82) is 0 Å². The second-order valence-corrected chi connectivity index (χ2v) is 22.3. The van der Waals surface area contributed by atoms with Gasteiger partial charge in [0, 0.05) is 45.4 Å². The largest absolute Gasteiger partial charge is 0.446 e. The molecule has 372 valence electrons. The number of thiazole rings is 2. The van der Waals surface area contributed by atoms with E-state index in [9.17, 15) is 0 Å². The molecule has 0 spiro atoms. The fourth-order valence-electron chi connectivity index (χ4n) is 7.20. The van der Waals surface area contributed by atoms with Crippen LogP contribution in [-0.2, 0) is 0 Å². The van der Waals surface area contributed by atoms with Crippen LogP contribution in [-0.4, -0.2) is 39.9 Å². The highest BCUT2D eigenvalue weighted by Crippen LogP contribution is 2.26. The number of hydrogen-bond donors (Lipinski definition) is 0. The lowest BCUT2D eigenvalue weighted by Crippen LogP contribution is -2.03. The summed E-state index contributed by atoms with van der Waals surface area (Å²) in [5.41, 5.74) is 17.8. The summed E-state index contributed by atoms with van der Waals surface area (Å²) >= 11 is 3.60. The monoisotopic (exact) mass is 955 g/mol. The molecule has 6 aromatic heterocycles. The maximum atomic E-state index is 5.26. The molecule has 67 heavy (non-hydrogen) atoms. The molecule has 9 nitrogen and oxygen atoms in total. The molecule has 0 radical (unpaired) electrons. The number of aromatic nitrogens is 8. The summed E-state index contributed by atoms with van der Waals surface area (Å²) in [6.07, 6.45) is 0. The van der Waals surface area contributed by atoms with Crippen LogP contribution in [0.3, 0.4) is 0 Å². The Balaban J connectivity index is 0.000000403. The van der Waals surface area contributed by atoms with Gasteiger partial charge < -0.3 is 4.42 Å². The normalized spacial score (nSPS) is 10.9. The molecule has 6 aromatic rings. The lowest BCUT2D eigenvalue weighted by atomic mass is 9.97. The summed E-state index contributed by atoms with van der Waals surface area (Å²) in [5, 5.41) is 2.44. The van der Waals surface area contributed by atoms with E-state index >= 15 is 0 Å². The highest BCUT2D eigenvalue weighted by Gasteiger charge is 2.13. The van der Waals surface area contributed by atoms with Gasteiger partial charge in [0.05, 0.1) is 49.9 Å². The third-order valence-electron chi connectivity index (χ3n) is 11.5. The van der Waals surface area contributed by atoms with Crippen LogP contribution in [0.2, 0.25) is 0 Å². The molecule has 0 aliphatic carbocycles. The lowest BCUT2D eigenvalue weighted by molar-refractivity contribution is 0.492. The smallest absolute Gasteiger partial charge is 0.191 e. The van der Waals surface area contributed by atoms with Crippen molar-refractivity contribution in [3.63, 3.8) is 0 Å². The maximum absolute atomic E-state index is 5.26. The average molecular weight is 956 g/mol. The van der Waals surface area contributed by atoms with Crippen LogP contribution in [0.25, 0.3) is 0 Å². The third kappa shape index (κ3) is 19.0. The van der Waals surface area contributed by atoms with Gasteiger partial charge in [-0.05, 0) is 156 Å². The second kappa shape index (κ2) is 27.7. The first kappa shape index (κ1) is 60.8. The Labute approximate surface area is 416 Å². The van der Waals surface area contributed by atoms with Gasteiger partial charge in [0.25, 0.3) is 0 Å². The van der Waals surface area contributed by atoms with Crippen LogP contribution in [0, 0.1) is 111 Å². The number of pyridine rings is 1. The molecule has 0 amide bonds. The third-order valence-corrected chi connectivity index (χ3v) is 13.8. The van der Waals surface area contributed by atoms with E-state index in [4.69, 9.17) is 4.42 Å². The minimum absolute atomic E-state index is 0.469. The standard InChI is InChI=1S/C12H19N.2C10H16N2.C8H13NO.2C8H13NS/c1-7(2)12-10(5)8(3)9(4)11(6)13-12;1-6(2)10-9(5)11-7(3)8(4)12-10;1-6(2)10-7(3)8(4)11-9(5)12-10;2*1-5(2)8-6(3)10-7(4)9-8;1-5(2)8-9-6(3)7(4)10-8/h7H,1-6H3;2*6H,1-5H3;3*5H,1-4H3. The Morgan fingerprint density at radius 1 is 0.313 bits per heavy atom. The van der Waals surface area contributed by atoms with Crippen LogP contribution < -0.4 is 0 Å². The fourth-order valence-corrected chi connectivity index (χ4v) is 9.10. The Morgan fingerprint density at radius 3 is 1.13 bits per heavy atom. The summed E-state index contributed by atoms with van der Waals surface area (Å²) in [5.74, 6) is 5.70. The van der Waals surface area contributed by atoms with Crippen molar-refractivity contribution in [3.05, 3.63) is 122 Å². The van der Waals surface area contributed by atoms with E-state index in [0.717, 1.165) is 51.6 Å². The molecular formula is C56H90N8OS2. The van der Waals surface area contributed by atoms with Crippen LogP contribution in [0.4, 0.5) is 0 Å². The Kier molecular flexibility index (Phi) is 25.1. The lowest BCUT2D eigenvalue weighted by Gasteiger charge is -2.15. The molecular weight excluding hydrogens is 865 g/mol. The van der Waals surface area contributed by atoms with Gasteiger partial charge in [-0.1, -0.05) is 83.1 Å². The SMILES string of the molecule is Cc1nc(C(C)C)c(C)c(C)c1C.Cc1nc(C(C)C)c(C)o1.Cc1nc(C(C)C)c(C)s1.Cc1nc(C(C)C)sc1C.Cc1nc(C)c(C(C)C)nc1C.Cc1nc(C)c(C)c(C(C)C)n1. The van der Waals surface area contributed by atoms with Gasteiger partial charge in [-0.3, -0.25) is 15.0 Å². The van der Waals surface area contributed by atoms with Crippen LogP contribution in [0.5, 0.6) is 0 Å². The summed E-state index contributed by atoms with van der Waals surface area (Å²) in [6.45, 7) is 58.9. The van der Waals surface area contributed by atoms with Gasteiger partial charge in [0.15, 0.2) is 5.89 Å².